The Kier molecular flexibility index (Phi) is 3.97. The van der Waals surface area contributed by atoms with Crippen LogP contribution in [0.1, 0.15) is 9.80 Å². The second-order valence-electron chi connectivity index (χ2n) is 2.41. The molecular weight excluding hydrogens is 209 g/mol. The zero-order valence-corrected chi connectivity index (χ0v) is 8.69. The van der Waals surface area contributed by atoms with E-state index >= 15 is 0 Å². The third-order valence-corrected chi connectivity index (χ3v) is 2.41. The molecule has 0 unspecified atom stereocenters. The van der Waals surface area contributed by atoms with Crippen LogP contribution in [0.15, 0.2) is 24.4 Å². The predicted molar refractivity (Wildman–Crippen MR) is 47.5 cm³/mol. The number of hydrogen-bond donors (Lipinski definition) is 0. The molecule has 0 atom stereocenters. The average molecular weight is 213 g/mol. The molecule has 2 aromatic heterocycles. The maximum Gasteiger partial charge on any atom is 1.00 e. The van der Waals surface area contributed by atoms with Crippen LogP contribution in [0.2, 0.25) is 0 Å². The quantitative estimate of drug-likeness (QED) is 0.496. The molecule has 2 rings (SSSR count). The molecule has 0 aliphatic carbocycles. The molecule has 0 saturated heterocycles. The largest absolute Gasteiger partial charge is 1.00 e. The minimum atomic E-state index is -1.32. The van der Waals surface area contributed by atoms with Crippen molar-refractivity contribution in [3.8, 4) is 10.7 Å². The van der Waals surface area contributed by atoms with Crippen LogP contribution in [0.25, 0.3) is 10.7 Å². The third-order valence-electron chi connectivity index (χ3n) is 1.48. The zero-order valence-electron chi connectivity index (χ0n) is 7.88. The van der Waals surface area contributed by atoms with Crippen molar-refractivity contribution in [3.63, 3.8) is 0 Å². The maximum absolute atomic E-state index is 10.4. The monoisotopic (exact) mass is 213 g/mol. The van der Waals surface area contributed by atoms with Crippen LogP contribution in [0.5, 0.6) is 0 Å². The van der Waals surface area contributed by atoms with Gasteiger partial charge >= 0.3 is 18.9 Å². The normalized spacial score (nSPS) is 9.33. The van der Waals surface area contributed by atoms with Crippen LogP contribution >= 0.6 is 11.3 Å². The first-order chi connectivity index (χ1) is 6.77. The minimum absolute atomic E-state index is 0. The number of rotatable bonds is 2. The fraction of sp³-hybridized carbons (Fsp3) is 0. The van der Waals surface area contributed by atoms with E-state index in [1.54, 1.807) is 24.4 Å². The number of aromatic carboxylic acids is 1. The average Bonchev–Trinajstić information content (AvgIpc) is 2.68. The standard InChI is InChI=1S/C8H5N3O2S.Li/c12-8(13)7-11-10-6(14-7)5-3-1-2-4-9-5;/h1-4H,(H,12,13);/q;+1/p-1. The van der Waals surface area contributed by atoms with Crippen LogP contribution in [0.3, 0.4) is 0 Å². The van der Waals surface area contributed by atoms with Gasteiger partial charge in [-0.3, -0.25) is 4.98 Å². The van der Waals surface area contributed by atoms with Crippen molar-refractivity contribution in [3.05, 3.63) is 29.4 Å². The summed E-state index contributed by atoms with van der Waals surface area (Å²) >= 11 is 0.947. The van der Waals surface area contributed by atoms with E-state index in [9.17, 15) is 9.90 Å². The van der Waals surface area contributed by atoms with Crippen LogP contribution < -0.4 is 24.0 Å². The molecule has 0 bridgehead atoms. The van der Waals surface area contributed by atoms with E-state index in [1.807, 2.05) is 0 Å². The number of carboxylic acid groups (broad SMARTS) is 1. The second-order valence-corrected chi connectivity index (χ2v) is 3.39. The van der Waals surface area contributed by atoms with Crippen LogP contribution in [-0.4, -0.2) is 21.2 Å². The first-order valence-corrected chi connectivity index (χ1v) is 4.55. The van der Waals surface area contributed by atoms with E-state index < -0.39 is 5.97 Å². The SMILES string of the molecule is O=C([O-])c1nnc(-c2ccccn2)s1.[Li+]. The Labute approximate surface area is 101 Å². The smallest absolute Gasteiger partial charge is 0.542 e. The summed E-state index contributed by atoms with van der Waals surface area (Å²) in [5.41, 5.74) is 0.609. The summed E-state index contributed by atoms with van der Waals surface area (Å²) in [4.78, 5) is 14.4. The molecule has 0 N–H and O–H groups in total. The number of aromatic nitrogens is 3. The molecule has 0 aliphatic rings. The van der Waals surface area contributed by atoms with Crippen LogP contribution in [0, 0.1) is 0 Å². The molecule has 0 radical (unpaired) electrons. The molecular formula is C8H4LiN3O2S. The predicted octanol–water partition coefficient (Wildman–Crippen LogP) is -3.03. The Morgan fingerprint density at radius 2 is 2.13 bits per heavy atom. The molecule has 7 heteroatoms. The van der Waals surface area contributed by atoms with Crippen molar-refractivity contribution in [2.75, 3.05) is 0 Å². The summed E-state index contributed by atoms with van der Waals surface area (Å²) in [5.74, 6) is -1.32. The Hall–Kier alpha value is -1.22. The molecule has 0 aliphatic heterocycles. The summed E-state index contributed by atoms with van der Waals surface area (Å²) < 4.78 is 0. The molecule has 0 amide bonds. The van der Waals surface area contributed by atoms with E-state index in [2.05, 4.69) is 15.2 Å². The summed E-state index contributed by atoms with van der Waals surface area (Å²) in [6.45, 7) is 0. The molecule has 0 aromatic carbocycles. The topological polar surface area (TPSA) is 78.8 Å². The first-order valence-electron chi connectivity index (χ1n) is 3.73. The molecule has 70 valence electrons. The van der Waals surface area contributed by atoms with Crippen LogP contribution in [0.4, 0.5) is 0 Å². The number of pyridine rings is 1. The Morgan fingerprint density at radius 3 is 2.67 bits per heavy atom. The maximum atomic E-state index is 10.4. The number of nitrogens with zero attached hydrogens (tertiary/aromatic N) is 3. The van der Waals surface area contributed by atoms with Crippen LogP contribution in [-0.2, 0) is 0 Å². The van der Waals surface area contributed by atoms with Gasteiger partial charge in [-0.05, 0) is 12.1 Å². The summed E-state index contributed by atoms with van der Waals surface area (Å²) in [7, 11) is 0. The summed E-state index contributed by atoms with van der Waals surface area (Å²) in [6.07, 6.45) is 1.61. The summed E-state index contributed by atoms with van der Waals surface area (Å²) in [6, 6.07) is 5.30. The van der Waals surface area contributed by atoms with E-state index in [-0.39, 0.29) is 23.9 Å². The summed E-state index contributed by atoms with van der Waals surface area (Å²) in [5, 5.41) is 17.9. The first kappa shape index (κ1) is 11.8. The molecule has 15 heavy (non-hydrogen) atoms. The van der Waals surface area contributed by atoms with Gasteiger partial charge in [0.1, 0.15) is 11.7 Å². The number of carbonyl (C=O) groups excluding carboxylic acids is 1. The van der Waals surface area contributed by atoms with Gasteiger partial charge < -0.3 is 9.90 Å². The number of carboxylic acids is 1. The fourth-order valence-corrected chi connectivity index (χ4v) is 1.55. The van der Waals surface area contributed by atoms with E-state index in [0.717, 1.165) is 11.3 Å². The van der Waals surface area contributed by atoms with E-state index in [1.165, 1.54) is 0 Å². The van der Waals surface area contributed by atoms with Crippen molar-refractivity contribution in [2.45, 2.75) is 0 Å². The van der Waals surface area contributed by atoms with Gasteiger partial charge in [0.15, 0.2) is 10.0 Å². The number of hydrogen-bond acceptors (Lipinski definition) is 6. The Balaban J connectivity index is 0.00000112. The minimum Gasteiger partial charge on any atom is -0.542 e. The van der Waals surface area contributed by atoms with Gasteiger partial charge in [-0.25, -0.2) is 0 Å². The molecule has 5 nitrogen and oxygen atoms in total. The van der Waals surface area contributed by atoms with Gasteiger partial charge in [0, 0.05) is 6.20 Å². The Morgan fingerprint density at radius 1 is 1.33 bits per heavy atom. The Bertz CT molecular complexity index is 460. The molecule has 0 saturated carbocycles. The van der Waals surface area contributed by atoms with Gasteiger partial charge in [0.2, 0.25) is 0 Å². The number of carbonyl (C=O) groups is 1. The van der Waals surface area contributed by atoms with Crippen molar-refractivity contribution in [1.82, 2.24) is 15.2 Å². The van der Waals surface area contributed by atoms with Crippen molar-refractivity contribution in [1.29, 1.82) is 0 Å². The van der Waals surface area contributed by atoms with Gasteiger partial charge in [0.05, 0.1) is 0 Å². The van der Waals surface area contributed by atoms with Gasteiger partial charge in [-0.2, -0.15) is 0 Å². The van der Waals surface area contributed by atoms with Gasteiger partial charge in [0.25, 0.3) is 0 Å². The van der Waals surface area contributed by atoms with Crippen molar-refractivity contribution < 1.29 is 28.8 Å². The van der Waals surface area contributed by atoms with Gasteiger partial charge in [-0.1, -0.05) is 17.4 Å². The van der Waals surface area contributed by atoms with Crippen molar-refractivity contribution >= 4 is 17.3 Å². The van der Waals surface area contributed by atoms with E-state index in [4.69, 9.17) is 0 Å². The zero-order chi connectivity index (χ0) is 9.97. The van der Waals surface area contributed by atoms with Crippen molar-refractivity contribution in [2.24, 2.45) is 0 Å². The third kappa shape index (κ3) is 2.63. The molecule has 0 fully saturated rings. The molecule has 2 heterocycles. The molecule has 2 aromatic rings. The van der Waals surface area contributed by atoms with E-state index in [0.29, 0.717) is 10.7 Å². The fourth-order valence-electron chi connectivity index (χ4n) is 0.898. The van der Waals surface area contributed by atoms with Gasteiger partial charge in [-0.15, -0.1) is 10.2 Å². The molecule has 0 spiro atoms. The second kappa shape index (κ2) is 5.03.